The maximum absolute atomic E-state index is 12.6. The average Bonchev–Trinajstić information content (AvgIpc) is 2.46. The largest absolute Gasteiger partial charge is 0.385 e. The van der Waals surface area contributed by atoms with Gasteiger partial charge in [0.15, 0.2) is 0 Å². The van der Waals surface area contributed by atoms with Crippen molar-refractivity contribution in [2.75, 3.05) is 33.9 Å². The van der Waals surface area contributed by atoms with Crippen molar-refractivity contribution in [1.29, 1.82) is 0 Å². The minimum Gasteiger partial charge on any atom is -0.385 e. The summed E-state index contributed by atoms with van der Waals surface area (Å²) in [6.07, 6.45) is 0.651. The number of nitrogens with two attached hydrogens (primary N) is 1. The van der Waals surface area contributed by atoms with Crippen LogP contribution in [0, 0.1) is 18.8 Å². The Hall–Kier alpha value is -1.39. The van der Waals surface area contributed by atoms with Crippen LogP contribution in [0.3, 0.4) is 0 Å². The lowest BCUT2D eigenvalue weighted by Gasteiger charge is -2.18. The molecule has 1 aromatic rings. The lowest BCUT2D eigenvalue weighted by atomic mass is 10.1. The Labute approximate surface area is 127 Å². The Morgan fingerprint density at radius 1 is 1.38 bits per heavy atom. The van der Waals surface area contributed by atoms with E-state index in [1.165, 1.54) is 4.31 Å². The predicted octanol–water partition coefficient (Wildman–Crippen LogP) is 0.962. The highest BCUT2D eigenvalue weighted by Gasteiger charge is 2.22. The molecule has 0 unspecified atom stereocenters. The Balaban J connectivity index is 3.06. The summed E-state index contributed by atoms with van der Waals surface area (Å²) >= 11 is 0. The highest BCUT2D eigenvalue weighted by atomic mass is 32.2. The molecule has 0 aliphatic carbocycles. The van der Waals surface area contributed by atoms with Crippen LogP contribution in [0.5, 0.6) is 0 Å². The maximum atomic E-state index is 12.6. The predicted molar refractivity (Wildman–Crippen MR) is 83.4 cm³/mol. The normalized spacial score (nSPS) is 11.3. The number of rotatable bonds is 6. The summed E-state index contributed by atoms with van der Waals surface area (Å²) < 4.78 is 31.5. The van der Waals surface area contributed by atoms with Crippen LogP contribution in [0.4, 0.5) is 0 Å². The first-order valence-electron chi connectivity index (χ1n) is 6.68. The highest BCUT2D eigenvalue weighted by molar-refractivity contribution is 7.89. The minimum absolute atomic E-state index is 0.243. The molecule has 0 aliphatic heterocycles. The molecular formula is C15H22N2O3S. The monoisotopic (exact) mass is 310 g/mol. The zero-order chi connectivity index (χ0) is 15.9. The van der Waals surface area contributed by atoms with Crippen molar-refractivity contribution in [1.82, 2.24) is 4.31 Å². The number of ether oxygens (including phenoxy) is 1. The van der Waals surface area contributed by atoms with E-state index in [2.05, 4.69) is 11.8 Å². The van der Waals surface area contributed by atoms with Gasteiger partial charge >= 0.3 is 0 Å². The molecule has 0 fully saturated rings. The van der Waals surface area contributed by atoms with E-state index in [9.17, 15) is 8.42 Å². The van der Waals surface area contributed by atoms with Crippen LogP contribution in [0.2, 0.25) is 0 Å². The topological polar surface area (TPSA) is 72.6 Å². The SMILES string of the molecule is COCCCN(C)S(=O)(=O)c1cc(C#CCN)ccc1C. The fraction of sp³-hybridized carbons (Fsp3) is 0.467. The van der Waals surface area contributed by atoms with Crippen molar-refractivity contribution in [3.05, 3.63) is 29.3 Å². The number of hydrogen-bond donors (Lipinski definition) is 1. The minimum atomic E-state index is -3.52. The van der Waals surface area contributed by atoms with Gasteiger partial charge in [-0.05, 0) is 31.0 Å². The Bertz CT molecular complexity index is 630. The summed E-state index contributed by atoms with van der Waals surface area (Å²) in [6, 6.07) is 5.15. The third-order valence-electron chi connectivity index (χ3n) is 3.03. The lowest BCUT2D eigenvalue weighted by molar-refractivity contribution is 0.189. The van der Waals surface area contributed by atoms with Crippen molar-refractivity contribution < 1.29 is 13.2 Å². The standard InChI is InChI=1S/C15H22N2O3S/c1-13-7-8-14(6-4-9-16)12-15(13)21(18,19)17(2)10-5-11-20-3/h7-8,12H,5,9-11,16H2,1-3H3. The van der Waals surface area contributed by atoms with Gasteiger partial charge in [0.05, 0.1) is 11.4 Å². The van der Waals surface area contributed by atoms with E-state index in [4.69, 9.17) is 10.5 Å². The third kappa shape index (κ3) is 4.83. The Kier molecular flexibility index (Phi) is 6.85. The van der Waals surface area contributed by atoms with Crippen LogP contribution in [0.15, 0.2) is 23.1 Å². The van der Waals surface area contributed by atoms with Gasteiger partial charge in [0, 0.05) is 32.9 Å². The number of aryl methyl sites for hydroxylation is 1. The first-order valence-corrected chi connectivity index (χ1v) is 8.12. The number of methoxy groups -OCH3 is 1. The summed E-state index contributed by atoms with van der Waals surface area (Å²) in [5, 5.41) is 0. The van der Waals surface area contributed by atoms with Crippen LogP contribution in [-0.2, 0) is 14.8 Å². The van der Waals surface area contributed by atoms with Crippen LogP contribution < -0.4 is 5.73 Å². The van der Waals surface area contributed by atoms with Gasteiger partial charge in [-0.1, -0.05) is 17.9 Å². The fourth-order valence-corrected chi connectivity index (χ4v) is 3.28. The van der Waals surface area contributed by atoms with E-state index >= 15 is 0 Å². The third-order valence-corrected chi connectivity index (χ3v) is 5.03. The van der Waals surface area contributed by atoms with Crippen LogP contribution >= 0.6 is 0 Å². The molecular weight excluding hydrogens is 288 g/mol. The molecule has 2 N–H and O–H groups in total. The molecule has 0 amide bonds. The van der Waals surface area contributed by atoms with Crippen LogP contribution in [-0.4, -0.2) is 46.6 Å². The fourth-order valence-electron chi connectivity index (χ4n) is 1.83. The first kappa shape index (κ1) is 17.7. The molecule has 0 saturated carbocycles. The van der Waals surface area contributed by atoms with Crippen LogP contribution in [0.25, 0.3) is 0 Å². The van der Waals surface area contributed by atoms with E-state index < -0.39 is 10.0 Å². The van der Waals surface area contributed by atoms with E-state index in [0.717, 1.165) is 0 Å². The van der Waals surface area contributed by atoms with Gasteiger partial charge in [-0.3, -0.25) is 0 Å². The van der Waals surface area contributed by atoms with Gasteiger partial charge in [-0.2, -0.15) is 0 Å². The molecule has 6 heteroatoms. The Morgan fingerprint density at radius 3 is 2.71 bits per heavy atom. The van der Waals surface area contributed by atoms with E-state index in [1.807, 2.05) is 0 Å². The molecule has 5 nitrogen and oxygen atoms in total. The molecule has 0 heterocycles. The van der Waals surface area contributed by atoms with Gasteiger partial charge in [0.2, 0.25) is 10.0 Å². The zero-order valence-electron chi connectivity index (χ0n) is 12.7. The maximum Gasteiger partial charge on any atom is 0.243 e. The molecule has 1 aromatic carbocycles. The summed E-state index contributed by atoms with van der Waals surface area (Å²) in [7, 11) is -0.351. The number of sulfonamides is 1. The van der Waals surface area contributed by atoms with Crippen molar-refractivity contribution in [2.45, 2.75) is 18.2 Å². The zero-order valence-corrected chi connectivity index (χ0v) is 13.5. The second kappa shape index (κ2) is 8.15. The number of hydrogen-bond acceptors (Lipinski definition) is 4. The molecule has 116 valence electrons. The van der Waals surface area contributed by atoms with Crippen molar-refractivity contribution in [3.8, 4) is 11.8 Å². The molecule has 1 rings (SSSR count). The summed E-state index contributed by atoms with van der Waals surface area (Å²) in [4.78, 5) is 0.284. The van der Waals surface area contributed by atoms with E-state index in [0.29, 0.717) is 30.7 Å². The van der Waals surface area contributed by atoms with Crippen molar-refractivity contribution in [2.24, 2.45) is 5.73 Å². The molecule has 0 radical (unpaired) electrons. The van der Waals surface area contributed by atoms with Gasteiger partial charge in [-0.25, -0.2) is 12.7 Å². The van der Waals surface area contributed by atoms with Crippen molar-refractivity contribution in [3.63, 3.8) is 0 Å². The van der Waals surface area contributed by atoms with Gasteiger partial charge in [0.1, 0.15) is 0 Å². The summed E-state index contributed by atoms with van der Waals surface area (Å²) in [5.41, 5.74) is 6.68. The van der Waals surface area contributed by atoms with E-state index in [-0.39, 0.29) is 11.4 Å². The second-order valence-electron chi connectivity index (χ2n) is 4.66. The molecule has 0 bridgehead atoms. The number of nitrogens with zero attached hydrogens (tertiary/aromatic N) is 1. The molecule has 0 aromatic heterocycles. The molecule has 0 spiro atoms. The average molecular weight is 310 g/mol. The molecule has 21 heavy (non-hydrogen) atoms. The van der Waals surface area contributed by atoms with Gasteiger partial charge in [0.25, 0.3) is 0 Å². The van der Waals surface area contributed by atoms with Gasteiger partial charge < -0.3 is 10.5 Å². The van der Waals surface area contributed by atoms with Crippen molar-refractivity contribution >= 4 is 10.0 Å². The quantitative estimate of drug-likeness (QED) is 0.627. The Morgan fingerprint density at radius 2 is 2.10 bits per heavy atom. The molecule has 0 aliphatic rings. The van der Waals surface area contributed by atoms with Crippen LogP contribution in [0.1, 0.15) is 17.5 Å². The number of benzene rings is 1. The summed E-state index contributed by atoms with van der Waals surface area (Å²) in [6.45, 7) is 2.96. The first-order chi connectivity index (χ1) is 9.93. The molecule has 0 atom stereocenters. The lowest BCUT2D eigenvalue weighted by Crippen LogP contribution is -2.29. The highest BCUT2D eigenvalue weighted by Crippen LogP contribution is 2.20. The van der Waals surface area contributed by atoms with Gasteiger partial charge in [-0.15, -0.1) is 0 Å². The summed E-state index contributed by atoms with van der Waals surface area (Å²) in [5.74, 6) is 5.58. The van der Waals surface area contributed by atoms with E-state index in [1.54, 1.807) is 39.3 Å². The molecule has 0 saturated heterocycles. The smallest absolute Gasteiger partial charge is 0.243 e. The second-order valence-corrected chi connectivity index (χ2v) is 6.67.